The van der Waals surface area contributed by atoms with E-state index in [1.54, 1.807) is 0 Å². The molecule has 1 aromatic carbocycles. The third-order valence-electron chi connectivity index (χ3n) is 11.0. The van der Waals surface area contributed by atoms with Gasteiger partial charge in [-0.2, -0.15) is 0 Å². The molecule has 7 rings (SSSR count). The van der Waals surface area contributed by atoms with Gasteiger partial charge in [-0.05, 0) is 134 Å². The maximum atomic E-state index is 12.7. The Morgan fingerprint density at radius 3 is 1.97 bits per heavy atom. The summed E-state index contributed by atoms with van der Waals surface area (Å²) in [6.45, 7) is 0. The maximum Gasteiger partial charge on any atom is 0.0721 e. The molecule has 6 saturated carbocycles. The summed E-state index contributed by atoms with van der Waals surface area (Å²) in [4.78, 5) is 12.7. The first-order chi connectivity index (χ1) is 14.6. The first-order valence-corrected chi connectivity index (χ1v) is 13.0. The summed E-state index contributed by atoms with van der Waals surface area (Å²) in [7, 11) is 0. The molecule has 0 radical (unpaired) electrons. The zero-order valence-corrected chi connectivity index (χ0v) is 18.2. The van der Waals surface area contributed by atoms with E-state index in [1.165, 1.54) is 100 Å². The summed E-state index contributed by atoms with van der Waals surface area (Å²) < 4.78 is 0. The molecule has 0 heterocycles. The second kappa shape index (κ2) is 6.36. The van der Waals surface area contributed by atoms with Crippen LogP contribution in [-0.4, -0.2) is 5.97 Å². The zero-order valence-electron chi connectivity index (χ0n) is 18.2. The van der Waals surface area contributed by atoms with E-state index in [0.29, 0.717) is 23.3 Å². The summed E-state index contributed by atoms with van der Waals surface area (Å²) in [5.41, 5.74) is 4.74. The van der Waals surface area contributed by atoms with Crippen LogP contribution in [0.5, 0.6) is 0 Å². The summed E-state index contributed by atoms with van der Waals surface area (Å²) in [5, 5.41) is 12.7. The van der Waals surface area contributed by atoms with Gasteiger partial charge in [0.05, 0.1) is 5.97 Å². The number of hydrogen-bond donors (Lipinski definition) is 0. The SMILES string of the molecule is O=C([O-])c1c(C2CC3CCC2C3)cc(C2CC3CCC2C3)cc1C12CCC(CC1)C2. The van der Waals surface area contributed by atoms with Crippen molar-refractivity contribution in [2.24, 2.45) is 29.6 Å². The van der Waals surface area contributed by atoms with Crippen molar-refractivity contribution in [2.45, 2.75) is 101 Å². The molecule has 6 aliphatic carbocycles. The summed E-state index contributed by atoms with van der Waals surface area (Å²) in [6, 6.07) is 4.82. The quantitative estimate of drug-likeness (QED) is 0.648. The smallest absolute Gasteiger partial charge is 0.0721 e. The maximum absolute atomic E-state index is 12.7. The van der Waals surface area contributed by atoms with E-state index < -0.39 is 5.97 Å². The van der Waals surface area contributed by atoms with Crippen LogP contribution in [0.25, 0.3) is 0 Å². The molecule has 2 nitrogen and oxygen atoms in total. The number of aromatic carboxylic acids is 1. The van der Waals surface area contributed by atoms with Gasteiger partial charge in [0.15, 0.2) is 0 Å². The van der Waals surface area contributed by atoms with Crippen molar-refractivity contribution in [1.82, 2.24) is 0 Å². The summed E-state index contributed by atoms with van der Waals surface area (Å²) in [5.74, 6) is 4.44. The van der Waals surface area contributed by atoms with Gasteiger partial charge in [0.2, 0.25) is 0 Å². The molecule has 1 aromatic rings. The lowest BCUT2D eigenvalue weighted by molar-refractivity contribution is -0.255. The molecule has 6 bridgehead atoms. The van der Waals surface area contributed by atoms with Gasteiger partial charge in [-0.1, -0.05) is 25.0 Å². The Kier molecular flexibility index (Phi) is 3.88. The second-order valence-corrected chi connectivity index (χ2v) is 12.3. The van der Waals surface area contributed by atoms with Crippen molar-refractivity contribution in [1.29, 1.82) is 0 Å². The predicted molar refractivity (Wildman–Crippen MR) is 115 cm³/mol. The zero-order chi connectivity index (χ0) is 20.0. The molecule has 0 aromatic heterocycles. The van der Waals surface area contributed by atoms with E-state index >= 15 is 0 Å². The second-order valence-electron chi connectivity index (χ2n) is 12.3. The van der Waals surface area contributed by atoms with Crippen LogP contribution in [0.1, 0.15) is 122 Å². The molecule has 0 amide bonds. The van der Waals surface area contributed by atoms with Gasteiger partial charge in [-0.25, -0.2) is 0 Å². The largest absolute Gasteiger partial charge is 0.545 e. The molecule has 0 spiro atoms. The van der Waals surface area contributed by atoms with Crippen LogP contribution in [-0.2, 0) is 5.41 Å². The number of carbonyl (C=O) groups is 1. The number of carboxylic acid groups (broad SMARTS) is 1. The number of carboxylic acids is 1. The van der Waals surface area contributed by atoms with Gasteiger partial charge < -0.3 is 9.90 Å². The Morgan fingerprint density at radius 2 is 1.47 bits per heavy atom. The Hall–Kier alpha value is -1.31. The standard InChI is InChI=1S/C28H36O2/c29-27(30)26-24(23-12-18-2-4-20(23)10-18)13-21(22-11-17-1-3-19(22)9-17)14-25(26)28-7-5-16(15-28)6-8-28/h13-14,16-20,22-23H,1-12,15H2,(H,29,30)/p-1. The van der Waals surface area contributed by atoms with Crippen molar-refractivity contribution >= 4 is 5.97 Å². The topological polar surface area (TPSA) is 40.1 Å². The summed E-state index contributed by atoms with van der Waals surface area (Å²) >= 11 is 0. The van der Waals surface area contributed by atoms with Gasteiger partial charge in [0.25, 0.3) is 0 Å². The lowest BCUT2D eigenvalue weighted by Gasteiger charge is -2.36. The van der Waals surface area contributed by atoms with Gasteiger partial charge >= 0.3 is 0 Å². The lowest BCUT2D eigenvalue weighted by atomic mass is 9.69. The Labute approximate surface area is 180 Å². The molecule has 6 aliphatic rings. The third kappa shape index (κ3) is 2.51. The van der Waals surface area contributed by atoms with Crippen LogP contribution in [0, 0.1) is 29.6 Å². The summed E-state index contributed by atoms with van der Waals surface area (Å²) in [6.07, 6.45) is 17.0. The molecule has 6 atom stereocenters. The molecule has 0 N–H and O–H groups in total. The molecule has 30 heavy (non-hydrogen) atoms. The molecular formula is C28H35O2-. The fraction of sp³-hybridized carbons (Fsp3) is 0.750. The van der Waals surface area contributed by atoms with Gasteiger partial charge in [-0.15, -0.1) is 0 Å². The van der Waals surface area contributed by atoms with Gasteiger partial charge in [0.1, 0.15) is 0 Å². The number of fused-ring (bicyclic) bond motifs is 6. The predicted octanol–water partition coefficient (Wildman–Crippen LogP) is 5.69. The third-order valence-corrected chi connectivity index (χ3v) is 11.0. The Morgan fingerprint density at radius 1 is 0.800 bits per heavy atom. The molecule has 6 unspecified atom stereocenters. The monoisotopic (exact) mass is 403 g/mol. The van der Waals surface area contributed by atoms with E-state index in [0.717, 1.165) is 23.7 Å². The van der Waals surface area contributed by atoms with Gasteiger partial charge in [-0.3, -0.25) is 0 Å². The van der Waals surface area contributed by atoms with Crippen molar-refractivity contribution < 1.29 is 9.90 Å². The van der Waals surface area contributed by atoms with Crippen LogP contribution < -0.4 is 5.11 Å². The van der Waals surface area contributed by atoms with E-state index in [9.17, 15) is 9.90 Å². The van der Waals surface area contributed by atoms with E-state index in [4.69, 9.17) is 0 Å². The van der Waals surface area contributed by atoms with Crippen LogP contribution in [0.15, 0.2) is 12.1 Å². The molecule has 2 heteroatoms. The molecule has 160 valence electrons. The fourth-order valence-electron chi connectivity index (χ4n) is 9.69. The minimum atomic E-state index is -0.882. The van der Waals surface area contributed by atoms with Crippen molar-refractivity contribution in [3.8, 4) is 0 Å². The van der Waals surface area contributed by atoms with Gasteiger partial charge in [0, 0.05) is 5.56 Å². The van der Waals surface area contributed by atoms with E-state index in [1.807, 2.05) is 0 Å². The highest BCUT2D eigenvalue weighted by molar-refractivity contribution is 5.91. The van der Waals surface area contributed by atoms with Crippen LogP contribution in [0.2, 0.25) is 0 Å². The van der Waals surface area contributed by atoms with Crippen LogP contribution >= 0.6 is 0 Å². The number of hydrogen-bond acceptors (Lipinski definition) is 2. The number of carbonyl (C=O) groups excluding carboxylic acids is 1. The van der Waals surface area contributed by atoms with Crippen molar-refractivity contribution in [3.05, 3.63) is 34.4 Å². The first-order valence-electron chi connectivity index (χ1n) is 13.0. The van der Waals surface area contributed by atoms with Crippen LogP contribution in [0.4, 0.5) is 0 Å². The average molecular weight is 404 g/mol. The minimum Gasteiger partial charge on any atom is -0.545 e. The lowest BCUT2D eigenvalue weighted by Crippen LogP contribution is -2.32. The molecule has 6 fully saturated rings. The van der Waals surface area contributed by atoms with Crippen molar-refractivity contribution in [2.75, 3.05) is 0 Å². The molecule has 0 aliphatic heterocycles. The Bertz CT molecular complexity index is 892. The Balaban J connectivity index is 1.40. The average Bonchev–Trinajstić information content (AvgIpc) is 3.59. The first kappa shape index (κ1) is 18.3. The number of benzene rings is 1. The van der Waals surface area contributed by atoms with E-state index in [-0.39, 0.29) is 5.41 Å². The molecular weight excluding hydrogens is 368 g/mol. The molecule has 0 saturated heterocycles. The van der Waals surface area contributed by atoms with Crippen LogP contribution in [0.3, 0.4) is 0 Å². The highest BCUT2D eigenvalue weighted by atomic mass is 16.4. The van der Waals surface area contributed by atoms with Crippen molar-refractivity contribution in [3.63, 3.8) is 0 Å². The highest BCUT2D eigenvalue weighted by Gasteiger charge is 2.49. The number of rotatable bonds is 4. The van der Waals surface area contributed by atoms with E-state index in [2.05, 4.69) is 12.1 Å². The fourth-order valence-corrected chi connectivity index (χ4v) is 9.69. The highest BCUT2D eigenvalue weighted by Crippen LogP contribution is 2.60. The normalized spacial score (nSPS) is 45.7. The minimum absolute atomic E-state index is 0.139.